The van der Waals surface area contributed by atoms with E-state index in [0.717, 1.165) is 0 Å². The molecule has 12 heavy (non-hydrogen) atoms. The molecule has 66 valence electrons. The van der Waals surface area contributed by atoms with Crippen molar-refractivity contribution in [3.8, 4) is 0 Å². The summed E-state index contributed by atoms with van der Waals surface area (Å²) in [6.45, 7) is 5.58. The molecule has 0 saturated carbocycles. The van der Waals surface area contributed by atoms with E-state index in [0.29, 0.717) is 5.56 Å². The van der Waals surface area contributed by atoms with Gasteiger partial charge in [-0.3, -0.25) is 0 Å². The van der Waals surface area contributed by atoms with Crippen molar-refractivity contribution in [3.05, 3.63) is 22.4 Å². The number of ether oxygens (including phenoxy) is 1. The molecule has 0 aliphatic rings. The summed E-state index contributed by atoms with van der Waals surface area (Å²) in [7, 11) is 0. The molecule has 0 aliphatic heterocycles. The van der Waals surface area contributed by atoms with Crippen molar-refractivity contribution in [1.82, 2.24) is 0 Å². The maximum atomic E-state index is 11.3. The minimum Gasteiger partial charge on any atom is -0.456 e. The summed E-state index contributed by atoms with van der Waals surface area (Å²) in [5, 5.41) is 3.65. The van der Waals surface area contributed by atoms with Crippen molar-refractivity contribution in [2.24, 2.45) is 0 Å². The monoisotopic (exact) mass is 184 g/mol. The molecule has 0 aromatic carbocycles. The van der Waals surface area contributed by atoms with Crippen molar-refractivity contribution in [2.75, 3.05) is 0 Å². The number of carbonyl (C=O) groups excluding carboxylic acids is 1. The number of hydrogen-bond acceptors (Lipinski definition) is 3. The van der Waals surface area contributed by atoms with Crippen LogP contribution in [0.15, 0.2) is 16.8 Å². The van der Waals surface area contributed by atoms with Gasteiger partial charge in [-0.05, 0) is 32.2 Å². The van der Waals surface area contributed by atoms with Gasteiger partial charge >= 0.3 is 5.97 Å². The van der Waals surface area contributed by atoms with Gasteiger partial charge in [0.25, 0.3) is 0 Å². The molecule has 0 fully saturated rings. The van der Waals surface area contributed by atoms with E-state index < -0.39 is 5.60 Å². The Morgan fingerprint density at radius 2 is 2.17 bits per heavy atom. The Morgan fingerprint density at radius 1 is 1.50 bits per heavy atom. The highest BCUT2D eigenvalue weighted by Crippen LogP contribution is 2.13. The third-order valence-corrected chi connectivity index (χ3v) is 1.84. The summed E-state index contributed by atoms with van der Waals surface area (Å²) < 4.78 is 5.15. The first kappa shape index (κ1) is 9.26. The molecule has 3 heteroatoms. The molecule has 0 N–H and O–H groups in total. The Morgan fingerprint density at radius 3 is 2.58 bits per heavy atom. The fourth-order valence-electron chi connectivity index (χ4n) is 0.718. The number of rotatable bonds is 1. The average molecular weight is 184 g/mol. The molecule has 0 radical (unpaired) electrons. The molecule has 0 spiro atoms. The molecule has 0 amide bonds. The highest BCUT2D eigenvalue weighted by Gasteiger charge is 2.17. The molecular weight excluding hydrogens is 172 g/mol. The minimum atomic E-state index is -0.404. The van der Waals surface area contributed by atoms with E-state index in [1.807, 2.05) is 26.2 Å². The maximum absolute atomic E-state index is 11.3. The third-order valence-electron chi connectivity index (χ3n) is 1.16. The summed E-state index contributed by atoms with van der Waals surface area (Å²) in [5.41, 5.74) is 0.230. The second kappa shape index (κ2) is 3.27. The van der Waals surface area contributed by atoms with Gasteiger partial charge in [0.15, 0.2) is 0 Å². The Hall–Kier alpha value is -0.830. The highest BCUT2D eigenvalue weighted by molar-refractivity contribution is 7.08. The molecule has 1 aromatic heterocycles. The molecule has 0 unspecified atom stereocenters. The quantitative estimate of drug-likeness (QED) is 0.627. The van der Waals surface area contributed by atoms with Gasteiger partial charge in [0.05, 0.1) is 5.56 Å². The van der Waals surface area contributed by atoms with E-state index in [2.05, 4.69) is 0 Å². The molecule has 0 atom stereocenters. The van der Waals surface area contributed by atoms with E-state index >= 15 is 0 Å². The Kier molecular flexibility index (Phi) is 2.52. The van der Waals surface area contributed by atoms with Gasteiger partial charge in [-0.1, -0.05) is 0 Å². The fraction of sp³-hybridized carbons (Fsp3) is 0.444. The molecule has 1 aromatic rings. The maximum Gasteiger partial charge on any atom is 0.339 e. The van der Waals surface area contributed by atoms with Gasteiger partial charge < -0.3 is 4.74 Å². The zero-order valence-electron chi connectivity index (χ0n) is 7.46. The number of hydrogen-bond donors (Lipinski definition) is 0. The lowest BCUT2D eigenvalue weighted by Gasteiger charge is -2.18. The van der Waals surface area contributed by atoms with Crippen LogP contribution in [0.2, 0.25) is 0 Å². The van der Waals surface area contributed by atoms with Crippen LogP contribution in [-0.2, 0) is 4.74 Å². The minimum absolute atomic E-state index is 0.247. The Balaban J connectivity index is 2.63. The summed E-state index contributed by atoms with van der Waals surface area (Å²) in [5.74, 6) is -0.247. The lowest BCUT2D eigenvalue weighted by Crippen LogP contribution is -2.23. The van der Waals surface area contributed by atoms with E-state index in [-0.39, 0.29) is 5.97 Å². The highest BCUT2D eigenvalue weighted by atomic mass is 32.1. The standard InChI is InChI=1S/C9H12O2S/c1-9(2,3)11-8(10)7-4-5-12-6-7/h4-6H,1-3H3. The Labute approximate surface area is 76.2 Å². The topological polar surface area (TPSA) is 26.3 Å². The van der Waals surface area contributed by atoms with E-state index in [1.54, 1.807) is 11.4 Å². The number of thiophene rings is 1. The normalized spacial score (nSPS) is 11.2. The van der Waals surface area contributed by atoms with E-state index in [1.165, 1.54) is 11.3 Å². The molecule has 0 bridgehead atoms. The van der Waals surface area contributed by atoms with Crippen LogP contribution in [0.25, 0.3) is 0 Å². The van der Waals surface area contributed by atoms with Gasteiger partial charge in [-0.2, -0.15) is 11.3 Å². The van der Waals surface area contributed by atoms with Crippen LogP contribution in [0.3, 0.4) is 0 Å². The third kappa shape index (κ3) is 2.66. The van der Waals surface area contributed by atoms with E-state index in [9.17, 15) is 4.79 Å². The largest absolute Gasteiger partial charge is 0.456 e. The van der Waals surface area contributed by atoms with E-state index in [4.69, 9.17) is 4.74 Å². The predicted octanol–water partition coefficient (Wildman–Crippen LogP) is 2.70. The van der Waals surface area contributed by atoms with Gasteiger partial charge in [0.2, 0.25) is 0 Å². The van der Waals surface area contributed by atoms with Crippen LogP contribution in [0.4, 0.5) is 0 Å². The molecule has 2 nitrogen and oxygen atoms in total. The van der Waals surface area contributed by atoms with Crippen LogP contribution >= 0.6 is 11.3 Å². The van der Waals surface area contributed by atoms with Crippen LogP contribution in [0.5, 0.6) is 0 Å². The van der Waals surface area contributed by atoms with Crippen LogP contribution in [0.1, 0.15) is 31.1 Å². The summed E-state index contributed by atoms with van der Waals surface area (Å²) in [4.78, 5) is 11.3. The predicted molar refractivity (Wildman–Crippen MR) is 49.5 cm³/mol. The first-order valence-corrected chi connectivity index (χ1v) is 4.69. The molecule has 0 aliphatic carbocycles. The van der Waals surface area contributed by atoms with Crippen molar-refractivity contribution < 1.29 is 9.53 Å². The molecule has 1 rings (SSSR count). The number of esters is 1. The molecule has 1 heterocycles. The fourth-order valence-corrected chi connectivity index (χ4v) is 1.34. The second-order valence-electron chi connectivity index (χ2n) is 3.51. The first-order chi connectivity index (χ1) is 5.49. The smallest absolute Gasteiger partial charge is 0.339 e. The van der Waals surface area contributed by atoms with Crippen molar-refractivity contribution in [2.45, 2.75) is 26.4 Å². The Bertz CT molecular complexity index is 257. The summed E-state index contributed by atoms with van der Waals surface area (Å²) in [6.07, 6.45) is 0. The lowest BCUT2D eigenvalue weighted by atomic mass is 10.2. The average Bonchev–Trinajstić information content (AvgIpc) is 2.32. The van der Waals surface area contributed by atoms with Crippen LogP contribution < -0.4 is 0 Å². The van der Waals surface area contributed by atoms with Gasteiger partial charge in [0, 0.05) is 5.38 Å². The van der Waals surface area contributed by atoms with Gasteiger partial charge in [0.1, 0.15) is 5.60 Å². The zero-order valence-corrected chi connectivity index (χ0v) is 8.27. The number of carbonyl (C=O) groups is 1. The zero-order chi connectivity index (χ0) is 9.19. The van der Waals surface area contributed by atoms with Crippen molar-refractivity contribution in [3.63, 3.8) is 0 Å². The molecular formula is C9H12O2S. The SMILES string of the molecule is CC(C)(C)OC(=O)c1ccsc1. The van der Waals surface area contributed by atoms with Crippen molar-refractivity contribution >= 4 is 17.3 Å². The van der Waals surface area contributed by atoms with Gasteiger partial charge in [-0.15, -0.1) is 0 Å². The first-order valence-electron chi connectivity index (χ1n) is 3.74. The van der Waals surface area contributed by atoms with Gasteiger partial charge in [-0.25, -0.2) is 4.79 Å². The summed E-state index contributed by atoms with van der Waals surface area (Å²) >= 11 is 1.49. The summed E-state index contributed by atoms with van der Waals surface area (Å²) in [6, 6.07) is 1.76. The van der Waals surface area contributed by atoms with Crippen LogP contribution in [0, 0.1) is 0 Å². The second-order valence-corrected chi connectivity index (χ2v) is 4.29. The van der Waals surface area contributed by atoms with Crippen LogP contribution in [-0.4, -0.2) is 11.6 Å². The van der Waals surface area contributed by atoms with Crippen molar-refractivity contribution in [1.29, 1.82) is 0 Å². The molecule has 0 saturated heterocycles. The lowest BCUT2D eigenvalue weighted by molar-refractivity contribution is 0.00702.